The second kappa shape index (κ2) is 3.69. The largest absolute Gasteiger partial charge is 0.351 e. The van der Waals surface area contributed by atoms with Crippen LogP contribution < -0.4 is 0 Å². The molecular formula is C7H13BrO2. The van der Waals surface area contributed by atoms with Crippen molar-refractivity contribution in [2.45, 2.75) is 26.2 Å². The maximum absolute atomic E-state index is 5.48. The van der Waals surface area contributed by atoms with Crippen LogP contribution in [0.5, 0.6) is 0 Å². The van der Waals surface area contributed by atoms with Crippen molar-refractivity contribution >= 4 is 15.9 Å². The molecule has 3 unspecified atom stereocenters. The van der Waals surface area contributed by atoms with Crippen molar-refractivity contribution in [2.75, 3.05) is 11.9 Å². The average molecular weight is 209 g/mol. The summed E-state index contributed by atoms with van der Waals surface area (Å²) in [5, 5.41) is 0.768. The van der Waals surface area contributed by atoms with Crippen LogP contribution in [0.1, 0.15) is 13.8 Å². The predicted molar refractivity (Wildman–Crippen MR) is 43.2 cm³/mol. The highest BCUT2D eigenvalue weighted by Crippen LogP contribution is 2.18. The number of hydrogen-bond donors (Lipinski definition) is 0. The van der Waals surface area contributed by atoms with Crippen molar-refractivity contribution in [3.05, 3.63) is 0 Å². The van der Waals surface area contributed by atoms with E-state index >= 15 is 0 Å². The van der Waals surface area contributed by atoms with Crippen molar-refractivity contribution < 1.29 is 9.47 Å². The fraction of sp³-hybridized carbons (Fsp3) is 1.00. The quantitative estimate of drug-likeness (QED) is 0.613. The highest BCUT2D eigenvalue weighted by molar-refractivity contribution is 9.09. The van der Waals surface area contributed by atoms with E-state index in [1.54, 1.807) is 0 Å². The molecule has 0 N–H and O–H groups in total. The standard InChI is InChI=1S/C7H13BrO2/c1-5-4-9-7(3-8)10-6(5)2/h5-7H,3-4H2,1-2H3. The minimum Gasteiger partial charge on any atom is -0.351 e. The Balaban J connectivity index is 2.33. The predicted octanol–water partition coefficient (Wildman–Crippen LogP) is 1.78. The molecule has 3 heteroatoms. The Morgan fingerprint density at radius 2 is 2.20 bits per heavy atom. The molecule has 0 aromatic heterocycles. The van der Waals surface area contributed by atoms with Crippen molar-refractivity contribution in [3.8, 4) is 0 Å². The van der Waals surface area contributed by atoms with Gasteiger partial charge in [0, 0.05) is 5.92 Å². The molecule has 2 nitrogen and oxygen atoms in total. The van der Waals surface area contributed by atoms with Gasteiger partial charge in [0.25, 0.3) is 0 Å². The van der Waals surface area contributed by atoms with Gasteiger partial charge in [-0.1, -0.05) is 22.9 Å². The van der Waals surface area contributed by atoms with E-state index in [1.807, 2.05) is 0 Å². The van der Waals surface area contributed by atoms with Crippen molar-refractivity contribution in [3.63, 3.8) is 0 Å². The Bertz CT molecular complexity index is 108. The summed E-state index contributed by atoms with van der Waals surface area (Å²) in [6.07, 6.45) is 0.294. The van der Waals surface area contributed by atoms with Gasteiger partial charge in [-0.15, -0.1) is 0 Å². The number of hydrogen-bond acceptors (Lipinski definition) is 2. The molecule has 1 rings (SSSR count). The first-order valence-electron chi connectivity index (χ1n) is 3.57. The van der Waals surface area contributed by atoms with E-state index in [0.29, 0.717) is 12.0 Å². The van der Waals surface area contributed by atoms with Gasteiger partial charge in [0.2, 0.25) is 0 Å². The van der Waals surface area contributed by atoms with Crippen LogP contribution >= 0.6 is 15.9 Å². The Morgan fingerprint density at radius 1 is 1.50 bits per heavy atom. The molecule has 3 atom stereocenters. The molecule has 0 spiro atoms. The second-order valence-corrected chi connectivity index (χ2v) is 3.38. The topological polar surface area (TPSA) is 18.5 Å². The lowest BCUT2D eigenvalue weighted by Crippen LogP contribution is -2.37. The molecule has 0 bridgehead atoms. The van der Waals surface area contributed by atoms with Crippen molar-refractivity contribution in [1.82, 2.24) is 0 Å². The number of alkyl halides is 1. The smallest absolute Gasteiger partial charge is 0.167 e. The van der Waals surface area contributed by atoms with E-state index in [2.05, 4.69) is 29.8 Å². The van der Waals surface area contributed by atoms with Crippen LogP contribution in [0, 0.1) is 5.92 Å². The summed E-state index contributed by atoms with van der Waals surface area (Å²) in [5.41, 5.74) is 0. The summed E-state index contributed by atoms with van der Waals surface area (Å²) in [4.78, 5) is 0. The van der Waals surface area contributed by atoms with E-state index in [9.17, 15) is 0 Å². The van der Waals surface area contributed by atoms with Crippen molar-refractivity contribution in [2.24, 2.45) is 5.92 Å². The lowest BCUT2D eigenvalue weighted by molar-refractivity contribution is -0.216. The zero-order valence-electron chi connectivity index (χ0n) is 6.34. The van der Waals surface area contributed by atoms with Crippen molar-refractivity contribution in [1.29, 1.82) is 0 Å². The summed E-state index contributed by atoms with van der Waals surface area (Å²) in [7, 11) is 0. The van der Waals surface area contributed by atoms with E-state index in [0.717, 1.165) is 11.9 Å². The summed E-state index contributed by atoms with van der Waals surface area (Å²) in [6, 6.07) is 0. The van der Waals surface area contributed by atoms with E-state index < -0.39 is 0 Å². The second-order valence-electron chi connectivity index (χ2n) is 2.74. The van der Waals surface area contributed by atoms with Gasteiger partial charge in [-0.2, -0.15) is 0 Å². The van der Waals surface area contributed by atoms with Gasteiger partial charge in [0.1, 0.15) is 0 Å². The Kier molecular flexibility index (Phi) is 3.14. The van der Waals surface area contributed by atoms with Crippen LogP contribution in [0.25, 0.3) is 0 Å². The first-order chi connectivity index (χ1) is 4.74. The minimum absolute atomic E-state index is 0.0359. The Hall–Kier alpha value is 0.400. The zero-order valence-corrected chi connectivity index (χ0v) is 7.93. The van der Waals surface area contributed by atoms with Gasteiger partial charge in [-0.3, -0.25) is 0 Å². The molecular weight excluding hydrogens is 196 g/mol. The summed E-state index contributed by atoms with van der Waals surface area (Å²) >= 11 is 3.31. The first kappa shape index (κ1) is 8.50. The summed E-state index contributed by atoms with van der Waals surface area (Å²) < 4.78 is 10.8. The van der Waals surface area contributed by atoms with Gasteiger partial charge in [-0.05, 0) is 6.92 Å². The SMILES string of the molecule is CC1COC(CBr)OC1C. The fourth-order valence-corrected chi connectivity index (χ4v) is 1.23. The molecule has 1 heterocycles. The lowest BCUT2D eigenvalue weighted by atomic mass is 10.1. The monoisotopic (exact) mass is 208 g/mol. The van der Waals surface area contributed by atoms with Crippen LogP contribution in [0.3, 0.4) is 0 Å². The van der Waals surface area contributed by atoms with Crippen LogP contribution in [0.15, 0.2) is 0 Å². The normalized spacial score (nSPS) is 41.7. The third-order valence-corrected chi connectivity index (χ3v) is 2.37. The molecule has 1 aliphatic heterocycles. The molecule has 0 aromatic rings. The third kappa shape index (κ3) is 1.94. The molecule has 0 saturated carbocycles. The van der Waals surface area contributed by atoms with Gasteiger partial charge in [0.05, 0.1) is 18.0 Å². The van der Waals surface area contributed by atoms with Gasteiger partial charge < -0.3 is 9.47 Å². The van der Waals surface area contributed by atoms with Crippen LogP contribution in [0.4, 0.5) is 0 Å². The summed E-state index contributed by atoms with van der Waals surface area (Å²) in [5.74, 6) is 0.523. The first-order valence-corrected chi connectivity index (χ1v) is 4.69. The Labute approximate surface area is 70.0 Å². The number of rotatable bonds is 1. The molecule has 1 aliphatic rings. The average Bonchev–Trinajstić information content (AvgIpc) is 1.95. The minimum atomic E-state index is -0.0359. The van der Waals surface area contributed by atoms with Crippen LogP contribution in [-0.2, 0) is 9.47 Å². The number of ether oxygens (including phenoxy) is 2. The van der Waals surface area contributed by atoms with Crippen LogP contribution in [0.2, 0.25) is 0 Å². The zero-order chi connectivity index (χ0) is 7.56. The Morgan fingerprint density at radius 3 is 2.70 bits per heavy atom. The lowest BCUT2D eigenvalue weighted by Gasteiger charge is -2.31. The van der Waals surface area contributed by atoms with Gasteiger partial charge in [-0.25, -0.2) is 0 Å². The highest BCUT2D eigenvalue weighted by atomic mass is 79.9. The molecule has 0 aromatic carbocycles. The molecule has 1 saturated heterocycles. The molecule has 10 heavy (non-hydrogen) atoms. The van der Waals surface area contributed by atoms with E-state index in [-0.39, 0.29) is 6.29 Å². The molecule has 0 amide bonds. The molecule has 60 valence electrons. The highest BCUT2D eigenvalue weighted by Gasteiger charge is 2.24. The van der Waals surface area contributed by atoms with Crippen LogP contribution in [-0.4, -0.2) is 24.3 Å². The maximum atomic E-state index is 5.48. The maximum Gasteiger partial charge on any atom is 0.167 e. The van der Waals surface area contributed by atoms with Gasteiger partial charge >= 0.3 is 0 Å². The molecule has 0 aliphatic carbocycles. The van der Waals surface area contributed by atoms with E-state index in [1.165, 1.54) is 0 Å². The third-order valence-electron chi connectivity index (χ3n) is 1.84. The van der Waals surface area contributed by atoms with Gasteiger partial charge in [0.15, 0.2) is 6.29 Å². The van der Waals surface area contributed by atoms with E-state index in [4.69, 9.17) is 9.47 Å². The molecule has 1 fully saturated rings. The number of halogens is 1. The summed E-state index contributed by atoms with van der Waals surface area (Å²) in [6.45, 7) is 5.04. The molecule has 0 radical (unpaired) electrons. The fourth-order valence-electron chi connectivity index (χ4n) is 0.888.